The number of benzene rings is 2. The molecule has 0 aliphatic heterocycles. The molecule has 0 amide bonds. The zero-order chi connectivity index (χ0) is 14.4. The monoisotopic (exact) mass is 264 g/mol. The Morgan fingerprint density at radius 3 is 2.20 bits per heavy atom. The van der Waals surface area contributed by atoms with Crippen LogP contribution in [0.3, 0.4) is 0 Å². The molecule has 0 heterocycles. The predicted molar refractivity (Wildman–Crippen MR) is 88.9 cm³/mol. The second kappa shape index (κ2) is 7.09. The lowest BCUT2D eigenvalue weighted by molar-refractivity contribution is 0.560. The molecule has 0 spiro atoms. The first kappa shape index (κ1) is 14.6. The largest absolute Gasteiger partial charge is 0.103 e. The molecule has 1 unspecified atom stereocenters. The second-order valence-corrected chi connectivity index (χ2v) is 5.61. The summed E-state index contributed by atoms with van der Waals surface area (Å²) >= 11 is 0. The molecule has 0 saturated carbocycles. The van der Waals surface area contributed by atoms with E-state index in [0.29, 0.717) is 0 Å². The molecular weight excluding hydrogens is 240 g/mol. The van der Waals surface area contributed by atoms with Crippen molar-refractivity contribution in [2.24, 2.45) is 5.92 Å². The average Bonchev–Trinajstić information content (AvgIpc) is 2.48. The minimum atomic E-state index is 0.748. The van der Waals surface area contributed by atoms with Gasteiger partial charge in [0.05, 0.1) is 0 Å². The van der Waals surface area contributed by atoms with Crippen LogP contribution in [0.2, 0.25) is 0 Å². The summed E-state index contributed by atoms with van der Waals surface area (Å²) in [6, 6.07) is 17.7. The van der Waals surface area contributed by atoms with E-state index in [0.717, 1.165) is 18.8 Å². The molecule has 2 aromatic carbocycles. The van der Waals surface area contributed by atoms with Gasteiger partial charge in [0.25, 0.3) is 0 Å². The van der Waals surface area contributed by atoms with Crippen molar-refractivity contribution < 1.29 is 0 Å². The molecule has 0 nitrogen and oxygen atoms in total. The van der Waals surface area contributed by atoms with E-state index < -0.39 is 0 Å². The summed E-state index contributed by atoms with van der Waals surface area (Å²) in [6.07, 6.45) is 5.29. The minimum Gasteiger partial charge on any atom is -0.103 e. The van der Waals surface area contributed by atoms with Gasteiger partial charge in [0.2, 0.25) is 0 Å². The van der Waals surface area contributed by atoms with E-state index in [2.05, 4.69) is 69.0 Å². The molecule has 0 saturated heterocycles. The van der Waals surface area contributed by atoms with E-state index in [1.807, 2.05) is 6.08 Å². The van der Waals surface area contributed by atoms with Crippen LogP contribution in [-0.2, 0) is 12.8 Å². The molecule has 0 N–H and O–H groups in total. The van der Waals surface area contributed by atoms with E-state index in [9.17, 15) is 0 Å². The van der Waals surface area contributed by atoms with Crippen molar-refractivity contribution in [2.75, 3.05) is 0 Å². The van der Waals surface area contributed by atoms with Gasteiger partial charge in [-0.2, -0.15) is 0 Å². The highest BCUT2D eigenvalue weighted by molar-refractivity contribution is 5.65. The lowest BCUT2D eigenvalue weighted by Gasteiger charge is -2.10. The van der Waals surface area contributed by atoms with Crippen LogP contribution in [0.1, 0.15) is 31.4 Å². The standard InChI is InChI=1S/C20H24/c1-4-8-17-9-6-11-19(14-17)20-12-7-10-18(15-20)13-16(3)5-2/h4,6-7,9-12,14-16H,1,5,8,13H2,2-3H3. The van der Waals surface area contributed by atoms with Gasteiger partial charge in [-0.15, -0.1) is 6.58 Å². The topological polar surface area (TPSA) is 0 Å². The Morgan fingerprint density at radius 2 is 1.60 bits per heavy atom. The molecule has 2 aromatic rings. The summed E-state index contributed by atoms with van der Waals surface area (Å²) in [5.74, 6) is 0.748. The third-order valence-corrected chi connectivity index (χ3v) is 3.85. The molecule has 2 rings (SSSR count). The maximum Gasteiger partial charge on any atom is -0.00999 e. The fourth-order valence-electron chi connectivity index (χ4n) is 2.47. The molecule has 104 valence electrons. The van der Waals surface area contributed by atoms with Gasteiger partial charge in [0, 0.05) is 0 Å². The Kier molecular flexibility index (Phi) is 5.17. The van der Waals surface area contributed by atoms with Crippen LogP contribution in [0.4, 0.5) is 0 Å². The Hall–Kier alpha value is -1.82. The van der Waals surface area contributed by atoms with Gasteiger partial charge in [-0.3, -0.25) is 0 Å². The van der Waals surface area contributed by atoms with Crippen LogP contribution in [0, 0.1) is 5.92 Å². The SMILES string of the molecule is C=CCc1cccc(-c2cccc(CC(C)CC)c2)c1. The molecule has 0 aromatic heterocycles. The molecule has 0 radical (unpaired) electrons. The van der Waals surface area contributed by atoms with Crippen molar-refractivity contribution in [2.45, 2.75) is 33.1 Å². The summed E-state index contributed by atoms with van der Waals surface area (Å²) in [5.41, 5.74) is 5.38. The average molecular weight is 264 g/mol. The summed E-state index contributed by atoms with van der Waals surface area (Å²) < 4.78 is 0. The predicted octanol–water partition coefficient (Wildman–Crippen LogP) is 5.67. The van der Waals surface area contributed by atoms with Crippen LogP contribution in [0.5, 0.6) is 0 Å². The van der Waals surface area contributed by atoms with Crippen LogP contribution < -0.4 is 0 Å². The van der Waals surface area contributed by atoms with Crippen molar-refractivity contribution in [3.05, 3.63) is 72.3 Å². The first-order valence-electron chi connectivity index (χ1n) is 7.52. The third kappa shape index (κ3) is 3.84. The van der Waals surface area contributed by atoms with Gasteiger partial charge in [0.15, 0.2) is 0 Å². The smallest absolute Gasteiger partial charge is 0.00999 e. The Labute approximate surface area is 123 Å². The molecule has 1 atom stereocenters. The van der Waals surface area contributed by atoms with Crippen molar-refractivity contribution >= 4 is 0 Å². The molecule has 0 heteroatoms. The van der Waals surface area contributed by atoms with Gasteiger partial charge in [-0.05, 0) is 41.0 Å². The lowest BCUT2D eigenvalue weighted by atomic mass is 9.95. The van der Waals surface area contributed by atoms with Crippen molar-refractivity contribution in [1.29, 1.82) is 0 Å². The summed E-state index contributed by atoms with van der Waals surface area (Å²) in [6.45, 7) is 8.39. The summed E-state index contributed by atoms with van der Waals surface area (Å²) in [7, 11) is 0. The highest BCUT2D eigenvalue weighted by Gasteiger charge is 2.04. The van der Waals surface area contributed by atoms with Gasteiger partial charge in [0.1, 0.15) is 0 Å². The molecule has 0 aliphatic carbocycles. The third-order valence-electron chi connectivity index (χ3n) is 3.85. The molecule has 0 bridgehead atoms. The van der Waals surface area contributed by atoms with Gasteiger partial charge >= 0.3 is 0 Å². The van der Waals surface area contributed by atoms with E-state index in [-0.39, 0.29) is 0 Å². The number of rotatable bonds is 6. The molecular formula is C20H24. The van der Waals surface area contributed by atoms with Crippen molar-refractivity contribution in [1.82, 2.24) is 0 Å². The van der Waals surface area contributed by atoms with Crippen LogP contribution >= 0.6 is 0 Å². The molecule has 20 heavy (non-hydrogen) atoms. The first-order valence-corrected chi connectivity index (χ1v) is 7.52. The van der Waals surface area contributed by atoms with Crippen molar-refractivity contribution in [3.8, 4) is 11.1 Å². The summed E-state index contributed by atoms with van der Waals surface area (Å²) in [5, 5.41) is 0. The Bertz CT molecular complexity index is 566. The zero-order valence-electron chi connectivity index (χ0n) is 12.6. The number of hydrogen-bond donors (Lipinski definition) is 0. The minimum absolute atomic E-state index is 0.748. The van der Waals surface area contributed by atoms with E-state index in [1.165, 1.54) is 28.7 Å². The normalized spacial score (nSPS) is 12.1. The maximum absolute atomic E-state index is 3.81. The number of allylic oxidation sites excluding steroid dienone is 1. The summed E-state index contributed by atoms with van der Waals surface area (Å²) in [4.78, 5) is 0. The Morgan fingerprint density at radius 1 is 1.00 bits per heavy atom. The maximum atomic E-state index is 3.81. The number of hydrogen-bond acceptors (Lipinski definition) is 0. The highest BCUT2D eigenvalue weighted by atomic mass is 14.1. The van der Waals surface area contributed by atoms with Gasteiger partial charge < -0.3 is 0 Å². The fraction of sp³-hybridized carbons (Fsp3) is 0.300. The van der Waals surface area contributed by atoms with E-state index >= 15 is 0 Å². The van der Waals surface area contributed by atoms with Crippen molar-refractivity contribution in [3.63, 3.8) is 0 Å². The highest BCUT2D eigenvalue weighted by Crippen LogP contribution is 2.23. The molecule has 0 aliphatic rings. The lowest BCUT2D eigenvalue weighted by Crippen LogP contribution is -1.97. The second-order valence-electron chi connectivity index (χ2n) is 5.61. The van der Waals surface area contributed by atoms with Crippen LogP contribution in [0.25, 0.3) is 11.1 Å². The van der Waals surface area contributed by atoms with E-state index in [4.69, 9.17) is 0 Å². The van der Waals surface area contributed by atoms with Gasteiger partial charge in [-0.25, -0.2) is 0 Å². The van der Waals surface area contributed by atoms with E-state index in [1.54, 1.807) is 0 Å². The zero-order valence-corrected chi connectivity index (χ0v) is 12.6. The first-order chi connectivity index (χ1) is 9.72. The quantitative estimate of drug-likeness (QED) is 0.590. The van der Waals surface area contributed by atoms with Crippen LogP contribution in [-0.4, -0.2) is 0 Å². The molecule has 0 fully saturated rings. The van der Waals surface area contributed by atoms with Crippen LogP contribution in [0.15, 0.2) is 61.2 Å². The van der Waals surface area contributed by atoms with Gasteiger partial charge in [-0.1, -0.05) is 74.9 Å². The fourth-order valence-corrected chi connectivity index (χ4v) is 2.47. The Balaban J connectivity index is 2.26.